The number of benzene rings is 2. The number of hydrogen-bond donors (Lipinski definition) is 1. The molecule has 0 aliphatic carbocycles. The molecule has 144 valence electrons. The summed E-state index contributed by atoms with van der Waals surface area (Å²) in [6.45, 7) is 1.10. The van der Waals surface area contributed by atoms with Gasteiger partial charge in [-0.25, -0.2) is 4.98 Å². The van der Waals surface area contributed by atoms with Crippen molar-refractivity contribution in [2.75, 3.05) is 20.3 Å². The van der Waals surface area contributed by atoms with Crippen LogP contribution in [0.25, 0.3) is 38.1 Å². The number of aromatic nitrogens is 2. The number of rotatable bonds is 5. The fourth-order valence-electron chi connectivity index (χ4n) is 4.01. The van der Waals surface area contributed by atoms with E-state index in [1.165, 1.54) is 0 Å². The minimum atomic E-state index is -0.231. The minimum absolute atomic E-state index is 0.0714. The second-order valence-electron chi connectivity index (χ2n) is 7.06. The summed E-state index contributed by atoms with van der Waals surface area (Å²) in [5, 5.41) is 6.04. The topological polar surface area (TPSA) is 72.7 Å². The van der Waals surface area contributed by atoms with Crippen molar-refractivity contribution in [1.29, 1.82) is 0 Å². The molecule has 3 aromatic heterocycles. The van der Waals surface area contributed by atoms with E-state index in [1.54, 1.807) is 23.6 Å². The van der Waals surface area contributed by atoms with E-state index >= 15 is 0 Å². The monoisotopic (exact) mass is 385 g/mol. The van der Waals surface area contributed by atoms with E-state index < -0.39 is 0 Å². The number of nitrogens with one attached hydrogen (secondary N) is 1. The van der Waals surface area contributed by atoms with Gasteiger partial charge in [0.2, 0.25) is 0 Å². The molecule has 0 saturated heterocycles. The highest BCUT2D eigenvalue weighted by molar-refractivity contribution is 6.20. The molecule has 0 atom stereocenters. The van der Waals surface area contributed by atoms with Gasteiger partial charge < -0.3 is 10.1 Å². The Morgan fingerprint density at radius 1 is 1.03 bits per heavy atom. The quantitative estimate of drug-likeness (QED) is 0.372. The number of carbonyl (C=O) groups excluding carboxylic acids is 1. The number of amides is 1. The predicted octanol–water partition coefficient (Wildman–Crippen LogP) is 3.36. The molecule has 3 heterocycles. The van der Waals surface area contributed by atoms with Crippen LogP contribution >= 0.6 is 0 Å². The van der Waals surface area contributed by atoms with Gasteiger partial charge in [0.05, 0.1) is 16.6 Å². The Morgan fingerprint density at radius 2 is 1.76 bits per heavy atom. The minimum Gasteiger partial charge on any atom is -0.385 e. The van der Waals surface area contributed by atoms with Crippen molar-refractivity contribution in [3.63, 3.8) is 0 Å². The van der Waals surface area contributed by atoms with Crippen LogP contribution in [0.1, 0.15) is 16.9 Å². The largest absolute Gasteiger partial charge is 0.385 e. The Hall–Kier alpha value is -3.51. The van der Waals surface area contributed by atoms with Gasteiger partial charge in [0.15, 0.2) is 0 Å². The Kier molecular flexibility index (Phi) is 4.14. The number of nitrogens with zero attached hydrogens (tertiary/aromatic N) is 2. The molecule has 5 aromatic rings. The average Bonchev–Trinajstić information content (AvgIpc) is 3.10. The third-order valence-corrected chi connectivity index (χ3v) is 5.31. The lowest BCUT2D eigenvalue weighted by molar-refractivity contribution is 0.0944. The lowest BCUT2D eigenvalue weighted by atomic mass is 10.1. The van der Waals surface area contributed by atoms with Gasteiger partial charge in [-0.2, -0.15) is 0 Å². The SMILES string of the molecule is COCCCNC(=O)c1cc2c3ccccc3n3c(=O)c4ccccc4c(n1)c23. The molecule has 0 radical (unpaired) electrons. The summed E-state index contributed by atoms with van der Waals surface area (Å²) in [4.78, 5) is 30.7. The first-order valence-corrected chi connectivity index (χ1v) is 9.56. The molecule has 2 aromatic carbocycles. The van der Waals surface area contributed by atoms with Crippen LogP contribution in [-0.4, -0.2) is 35.6 Å². The van der Waals surface area contributed by atoms with Gasteiger partial charge in [-0.3, -0.25) is 14.0 Å². The van der Waals surface area contributed by atoms with Crippen molar-refractivity contribution in [2.24, 2.45) is 0 Å². The van der Waals surface area contributed by atoms with E-state index in [2.05, 4.69) is 10.3 Å². The summed E-state index contributed by atoms with van der Waals surface area (Å²) in [6.07, 6.45) is 0.730. The highest BCUT2D eigenvalue weighted by atomic mass is 16.5. The molecule has 0 bridgehead atoms. The van der Waals surface area contributed by atoms with Crippen molar-refractivity contribution < 1.29 is 9.53 Å². The van der Waals surface area contributed by atoms with Crippen LogP contribution in [0.4, 0.5) is 0 Å². The lowest BCUT2D eigenvalue weighted by Crippen LogP contribution is -2.26. The van der Waals surface area contributed by atoms with E-state index in [0.717, 1.165) is 33.6 Å². The van der Waals surface area contributed by atoms with E-state index in [4.69, 9.17) is 4.74 Å². The summed E-state index contributed by atoms with van der Waals surface area (Å²) in [6, 6.07) is 17.0. The number of carbonyl (C=O) groups is 1. The summed E-state index contributed by atoms with van der Waals surface area (Å²) in [5.74, 6) is -0.231. The Labute approximate surface area is 166 Å². The van der Waals surface area contributed by atoms with E-state index in [1.807, 2.05) is 42.5 Å². The smallest absolute Gasteiger partial charge is 0.269 e. The zero-order valence-electron chi connectivity index (χ0n) is 15.9. The van der Waals surface area contributed by atoms with Crippen LogP contribution in [0.3, 0.4) is 0 Å². The maximum atomic E-state index is 13.2. The van der Waals surface area contributed by atoms with Gasteiger partial charge >= 0.3 is 0 Å². The molecule has 29 heavy (non-hydrogen) atoms. The number of methoxy groups -OCH3 is 1. The normalized spacial score (nSPS) is 11.8. The fourth-order valence-corrected chi connectivity index (χ4v) is 4.01. The van der Waals surface area contributed by atoms with Crippen molar-refractivity contribution in [2.45, 2.75) is 6.42 Å². The predicted molar refractivity (Wildman–Crippen MR) is 114 cm³/mol. The van der Waals surface area contributed by atoms with Gasteiger partial charge in [0.1, 0.15) is 5.69 Å². The molecule has 0 fully saturated rings. The summed E-state index contributed by atoms with van der Waals surface area (Å²) >= 11 is 0. The molecular formula is C23H19N3O3. The first-order valence-electron chi connectivity index (χ1n) is 9.56. The van der Waals surface area contributed by atoms with Crippen LogP contribution in [0.2, 0.25) is 0 Å². The Bertz CT molecular complexity index is 1440. The molecule has 0 spiro atoms. The Morgan fingerprint density at radius 3 is 2.55 bits per heavy atom. The van der Waals surface area contributed by atoms with Crippen LogP contribution in [0.15, 0.2) is 59.4 Å². The number of hydrogen-bond acceptors (Lipinski definition) is 4. The van der Waals surface area contributed by atoms with E-state index in [9.17, 15) is 9.59 Å². The zero-order valence-corrected chi connectivity index (χ0v) is 15.9. The highest BCUT2D eigenvalue weighted by Crippen LogP contribution is 2.33. The van der Waals surface area contributed by atoms with Crippen LogP contribution in [0, 0.1) is 0 Å². The van der Waals surface area contributed by atoms with Gasteiger partial charge in [-0.15, -0.1) is 0 Å². The van der Waals surface area contributed by atoms with Gasteiger partial charge in [0, 0.05) is 41.8 Å². The zero-order chi connectivity index (χ0) is 20.0. The summed E-state index contributed by atoms with van der Waals surface area (Å²) in [7, 11) is 1.64. The van der Waals surface area contributed by atoms with Gasteiger partial charge in [-0.05, 0) is 24.6 Å². The maximum Gasteiger partial charge on any atom is 0.269 e. The van der Waals surface area contributed by atoms with Crippen molar-refractivity contribution in [3.05, 3.63) is 70.6 Å². The maximum absolute atomic E-state index is 13.2. The average molecular weight is 385 g/mol. The van der Waals surface area contributed by atoms with Crippen LogP contribution in [0.5, 0.6) is 0 Å². The van der Waals surface area contributed by atoms with Gasteiger partial charge in [-0.1, -0.05) is 36.4 Å². The number of para-hydroxylation sites is 1. The molecule has 0 saturated carbocycles. The first-order chi connectivity index (χ1) is 14.2. The third kappa shape index (κ3) is 2.64. The lowest BCUT2D eigenvalue weighted by Gasteiger charge is -2.08. The molecule has 5 rings (SSSR count). The third-order valence-electron chi connectivity index (χ3n) is 5.31. The second kappa shape index (κ2) is 6.83. The molecule has 0 unspecified atom stereocenters. The molecule has 0 aliphatic heterocycles. The molecular weight excluding hydrogens is 366 g/mol. The molecule has 1 amide bonds. The Balaban J connectivity index is 1.82. The highest BCUT2D eigenvalue weighted by Gasteiger charge is 2.20. The number of ether oxygens (including phenoxy) is 1. The number of pyridine rings is 2. The van der Waals surface area contributed by atoms with Crippen molar-refractivity contribution in [3.8, 4) is 0 Å². The van der Waals surface area contributed by atoms with Gasteiger partial charge in [0.25, 0.3) is 11.5 Å². The fraction of sp³-hybridized carbons (Fsp3) is 0.174. The molecule has 6 heteroatoms. The van der Waals surface area contributed by atoms with Crippen molar-refractivity contribution >= 4 is 44.0 Å². The summed E-state index contributed by atoms with van der Waals surface area (Å²) in [5.41, 5.74) is 2.51. The standard InChI is InChI=1S/C23H19N3O3/c1-29-12-6-11-24-22(27)18-13-17-14-7-4-5-10-19(14)26-21(17)20(25-18)15-8-2-3-9-16(15)23(26)28/h2-5,7-10,13H,6,11-12H2,1H3,(H,24,27). The first kappa shape index (κ1) is 17.6. The van der Waals surface area contributed by atoms with Crippen LogP contribution in [-0.2, 0) is 4.74 Å². The molecule has 6 nitrogen and oxygen atoms in total. The summed E-state index contributed by atoms with van der Waals surface area (Å²) < 4.78 is 6.75. The van der Waals surface area contributed by atoms with Crippen LogP contribution < -0.4 is 10.9 Å². The molecule has 0 aliphatic rings. The molecule has 1 N–H and O–H groups in total. The van der Waals surface area contributed by atoms with Crippen molar-refractivity contribution in [1.82, 2.24) is 14.7 Å². The van der Waals surface area contributed by atoms with E-state index in [-0.39, 0.29) is 11.5 Å². The number of fused-ring (bicyclic) bond motifs is 5. The van der Waals surface area contributed by atoms with E-state index in [0.29, 0.717) is 29.7 Å². The second-order valence-corrected chi connectivity index (χ2v) is 7.06.